The number of fused-ring (bicyclic) bond motifs is 1. The van der Waals surface area contributed by atoms with Gasteiger partial charge < -0.3 is 19.5 Å². The number of benzene rings is 3. The maximum absolute atomic E-state index is 12.4. The van der Waals surface area contributed by atoms with Crippen molar-refractivity contribution in [3.63, 3.8) is 0 Å². The first-order valence-electron chi connectivity index (χ1n) is 9.72. The maximum atomic E-state index is 12.4. The minimum absolute atomic E-state index is 0.0228. The highest BCUT2D eigenvalue weighted by Crippen LogP contribution is 2.32. The summed E-state index contributed by atoms with van der Waals surface area (Å²) in [4.78, 5) is 12.4. The van der Waals surface area contributed by atoms with Crippen LogP contribution in [0.25, 0.3) is 6.08 Å². The predicted molar refractivity (Wildman–Crippen MR) is 117 cm³/mol. The van der Waals surface area contributed by atoms with Crippen LogP contribution in [0.2, 0.25) is 0 Å². The molecule has 0 bridgehead atoms. The highest BCUT2D eigenvalue weighted by atomic mass is 16.7. The maximum Gasteiger partial charge on any atom is 0.266 e. The molecule has 1 aliphatic heterocycles. The Hall–Kier alpha value is -4.24. The summed E-state index contributed by atoms with van der Waals surface area (Å²) in [5, 5.41) is 12.1. The minimum Gasteiger partial charge on any atom is -0.489 e. The number of carbonyl (C=O) groups is 1. The normalized spacial score (nSPS) is 12.2. The second kappa shape index (κ2) is 9.06. The zero-order valence-electron chi connectivity index (χ0n) is 16.9. The highest BCUT2D eigenvalue weighted by molar-refractivity contribution is 6.09. The van der Waals surface area contributed by atoms with Crippen LogP contribution in [0.5, 0.6) is 17.2 Å². The molecule has 6 heteroatoms. The fourth-order valence-electron chi connectivity index (χ4n) is 3.01. The molecule has 154 valence electrons. The lowest BCUT2D eigenvalue weighted by molar-refractivity contribution is -0.112. The van der Waals surface area contributed by atoms with E-state index >= 15 is 0 Å². The number of anilines is 1. The number of nitrogens with zero attached hydrogens (tertiary/aromatic N) is 1. The number of hydrogen-bond acceptors (Lipinski definition) is 5. The molecule has 1 heterocycles. The SMILES string of the molecule is Cc1ccc(NC(=O)/C(C#N)=C\c2ccc(OCc3ccc4c(c3)OCO4)cc2)cc1. The molecular formula is C25H20N2O4. The van der Waals surface area contributed by atoms with Crippen LogP contribution >= 0.6 is 0 Å². The largest absolute Gasteiger partial charge is 0.489 e. The topological polar surface area (TPSA) is 80.6 Å². The number of amides is 1. The summed E-state index contributed by atoms with van der Waals surface area (Å²) in [6.45, 7) is 2.59. The Morgan fingerprint density at radius 3 is 2.55 bits per heavy atom. The van der Waals surface area contributed by atoms with Crippen LogP contribution in [0.1, 0.15) is 16.7 Å². The number of nitrogens with one attached hydrogen (secondary N) is 1. The lowest BCUT2D eigenvalue weighted by atomic mass is 10.1. The fourth-order valence-corrected chi connectivity index (χ4v) is 3.01. The molecule has 6 nitrogen and oxygen atoms in total. The number of rotatable bonds is 6. The van der Waals surface area contributed by atoms with Gasteiger partial charge in [0.2, 0.25) is 6.79 Å². The Bertz CT molecular complexity index is 1160. The summed E-state index contributed by atoms with van der Waals surface area (Å²) in [6.07, 6.45) is 1.55. The quantitative estimate of drug-likeness (QED) is 0.462. The molecule has 1 amide bonds. The number of nitriles is 1. The molecule has 31 heavy (non-hydrogen) atoms. The number of ether oxygens (including phenoxy) is 3. The second-order valence-corrected chi connectivity index (χ2v) is 7.04. The van der Waals surface area contributed by atoms with Crippen LogP contribution in [-0.2, 0) is 11.4 Å². The van der Waals surface area contributed by atoms with Gasteiger partial charge in [-0.05, 0) is 60.5 Å². The first kappa shape index (κ1) is 20.0. The van der Waals surface area contributed by atoms with Crippen LogP contribution in [0, 0.1) is 18.3 Å². The first-order chi connectivity index (χ1) is 15.1. The van der Waals surface area contributed by atoms with E-state index in [1.165, 1.54) is 0 Å². The average molecular weight is 412 g/mol. The van der Waals surface area contributed by atoms with E-state index in [4.69, 9.17) is 14.2 Å². The molecule has 0 radical (unpaired) electrons. The van der Waals surface area contributed by atoms with Crippen molar-refractivity contribution >= 4 is 17.7 Å². The van der Waals surface area contributed by atoms with Gasteiger partial charge >= 0.3 is 0 Å². The molecule has 0 aliphatic carbocycles. The van der Waals surface area contributed by atoms with E-state index in [9.17, 15) is 10.1 Å². The van der Waals surface area contributed by atoms with E-state index in [1.807, 2.05) is 43.3 Å². The lowest BCUT2D eigenvalue weighted by Gasteiger charge is -2.08. The van der Waals surface area contributed by atoms with E-state index in [1.54, 1.807) is 42.5 Å². The van der Waals surface area contributed by atoms with Gasteiger partial charge in [0, 0.05) is 5.69 Å². The Balaban J connectivity index is 1.38. The standard InChI is InChI=1S/C25H20N2O4/c1-17-2-7-21(8-3-17)27-25(28)20(14-26)12-18-4-9-22(10-5-18)29-15-19-6-11-23-24(13-19)31-16-30-23/h2-13H,15-16H2,1H3,(H,27,28)/b20-12-. The Morgan fingerprint density at radius 2 is 1.81 bits per heavy atom. The molecule has 0 unspecified atom stereocenters. The second-order valence-electron chi connectivity index (χ2n) is 7.04. The summed E-state index contributed by atoms with van der Waals surface area (Å²) in [6, 6.07) is 22.2. The molecule has 0 saturated heterocycles. The zero-order chi connectivity index (χ0) is 21.6. The molecule has 0 spiro atoms. The fraction of sp³-hybridized carbons (Fsp3) is 0.120. The van der Waals surface area contributed by atoms with Crippen LogP contribution in [0.15, 0.2) is 72.3 Å². The molecule has 3 aromatic carbocycles. The van der Waals surface area contributed by atoms with E-state index in [-0.39, 0.29) is 12.4 Å². The van der Waals surface area contributed by atoms with Gasteiger partial charge in [-0.3, -0.25) is 4.79 Å². The van der Waals surface area contributed by atoms with Gasteiger partial charge in [0.1, 0.15) is 24.0 Å². The van der Waals surface area contributed by atoms with Crippen LogP contribution in [-0.4, -0.2) is 12.7 Å². The average Bonchev–Trinajstić information content (AvgIpc) is 3.26. The first-order valence-corrected chi connectivity index (χ1v) is 9.72. The van der Waals surface area contributed by atoms with Crippen LogP contribution in [0.3, 0.4) is 0 Å². The van der Waals surface area contributed by atoms with Crippen molar-refractivity contribution in [2.24, 2.45) is 0 Å². The van der Waals surface area contributed by atoms with Gasteiger partial charge in [0.15, 0.2) is 11.5 Å². The number of aryl methyl sites for hydroxylation is 1. The molecule has 4 rings (SSSR count). The molecule has 0 atom stereocenters. The Morgan fingerprint density at radius 1 is 1.06 bits per heavy atom. The number of hydrogen-bond donors (Lipinski definition) is 1. The third-order valence-electron chi connectivity index (χ3n) is 4.71. The molecule has 1 aliphatic rings. The molecule has 1 N–H and O–H groups in total. The molecular weight excluding hydrogens is 392 g/mol. The summed E-state index contributed by atoms with van der Waals surface area (Å²) < 4.78 is 16.5. The number of carbonyl (C=O) groups excluding carboxylic acids is 1. The van der Waals surface area contributed by atoms with E-state index < -0.39 is 5.91 Å². The van der Waals surface area contributed by atoms with Crippen molar-refractivity contribution in [2.45, 2.75) is 13.5 Å². The summed E-state index contributed by atoms with van der Waals surface area (Å²) in [5.41, 5.74) is 3.45. The van der Waals surface area contributed by atoms with Gasteiger partial charge in [-0.1, -0.05) is 35.9 Å². The Labute approximate surface area is 180 Å². The minimum atomic E-state index is -0.450. The van der Waals surface area contributed by atoms with Gasteiger partial charge in [-0.25, -0.2) is 0 Å². The van der Waals surface area contributed by atoms with Gasteiger partial charge in [0.25, 0.3) is 5.91 Å². The highest BCUT2D eigenvalue weighted by Gasteiger charge is 2.13. The summed E-state index contributed by atoms with van der Waals surface area (Å²) in [5.74, 6) is 1.68. The van der Waals surface area contributed by atoms with Crippen molar-refractivity contribution in [1.82, 2.24) is 0 Å². The molecule has 0 saturated carbocycles. The predicted octanol–water partition coefficient (Wildman–Crippen LogP) is 4.85. The zero-order valence-corrected chi connectivity index (χ0v) is 16.9. The Kier molecular flexibility index (Phi) is 5.86. The van der Waals surface area contributed by atoms with Crippen molar-refractivity contribution < 1.29 is 19.0 Å². The van der Waals surface area contributed by atoms with E-state index in [0.717, 1.165) is 28.2 Å². The van der Waals surface area contributed by atoms with Crippen molar-refractivity contribution in [1.29, 1.82) is 5.26 Å². The van der Waals surface area contributed by atoms with Gasteiger partial charge in [0.05, 0.1) is 0 Å². The van der Waals surface area contributed by atoms with E-state index in [0.29, 0.717) is 18.0 Å². The third-order valence-corrected chi connectivity index (χ3v) is 4.71. The summed E-state index contributed by atoms with van der Waals surface area (Å²) >= 11 is 0. The van der Waals surface area contributed by atoms with Crippen LogP contribution < -0.4 is 19.5 Å². The van der Waals surface area contributed by atoms with Gasteiger partial charge in [-0.2, -0.15) is 5.26 Å². The molecule has 3 aromatic rings. The monoisotopic (exact) mass is 412 g/mol. The lowest BCUT2D eigenvalue weighted by Crippen LogP contribution is -2.13. The van der Waals surface area contributed by atoms with Gasteiger partial charge in [-0.15, -0.1) is 0 Å². The van der Waals surface area contributed by atoms with Crippen molar-refractivity contribution in [2.75, 3.05) is 12.1 Å². The molecule has 0 fully saturated rings. The van der Waals surface area contributed by atoms with Crippen LogP contribution in [0.4, 0.5) is 5.69 Å². The van der Waals surface area contributed by atoms with Crippen molar-refractivity contribution in [3.8, 4) is 23.3 Å². The smallest absolute Gasteiger partial charge is 0.266 e. The molecule has 0 aromatic heterocycles. The summed E-state index contributed by atoms with van der Waals surface area (Å²) in [7, 11) is 0. The van der Waals surface area contributed by atoms with Crippen molar-refractivity contribution in [3.05, 3.63) is 89.0 Å². The van der Waals surface area contributed by atoms with E-state index in [2.05, 4.69) is 5.32 Å². The third kappa shape index (κ3) is 5.03.